The predicted molar refractivity (Wildman–Crippen MR) is 54.5 cm³/mol. The van der Waals surface area contributed by atoms with E-state index in [1.807, 2.05) is 12.1 Å². The molecule has 1 aromatic rings. The van der Waals surface area contributed by atoms with Gasteiger partial charge in [0.1, 0.15) is 5.75 Å². The number of hydrogen-bond donors (Lipinski definition) is 2. The lowest BCUT2D eigenvalue weighted by atomic mass is 9.83. The zero-order chi connectivity index (χ0) is 10.1. The summed E-state index contributed by atoms with van der Waals surface area (Å²) in [6.45, 7) is 6.31. The lowest BCUT2D eigenvalue weighted by Crippen LogP contribution is -2.26. The van der Waals surface area contributed by atoms with Crippen molar-refractivity contribution in [1.29, 1.82) is 0 Å². The van der Waals surface area contributed by atoms with Crippen molar-refractivity contribution in [3.8, 4) is 5.75 Å². The van der Waals surface area contributed by atoms with Crippen molar-refractivity contribution >= 4 is 0 Å². The fourth-order valence-electron chi connectivity index (χ4n) is 1.18. The van der Waals surface area contributed by atoms with Gasteiger partial charge in [-0.3, -0.25) is 0 Å². The molecule has 13 heavy (non-hydrogen) atoms. The minimum atomic E-state index is 0.00750. The third-order valence-corrected chi connectivity index (χ3v) is 2.19. The highest BCUT2D eigenvalue weighted by Gasteiger charge is 2.21. The molecule has 0 aliphatic heterocycles. The molecular formula is C11H17NO. The van der Waals surface area contributed by atoms with Gasteiger partial charge in [-0.25, -0.2) is 0 Å². The van der Waals surface area contributed by atoms with Gasteiger partial charge in [0.05, 0.1) is 0 Å². The molecule has 1 aromatic carbocycles. The fourth-order valence-corrected chi connectivity index (χ4v) is 1.18. The SMILES string of the molecule is CC(C)(C)C(N)c1ccc(O)cc1. The van der Waals surface area contributed by atoms with Crippen LogP contribution in [0.1, 0.15) is 32.4 Å². The molecule has 2 heteroatoms. The molecule has 0 amide bonds. The molecule has 0 aliphatic carbocycles. The second kappa shape index (κ2) is 3.38. The number of hydrogen-bond acceptors (Lipinski definition) is 2. The quantitative estimate of drug-likeness (QED) is 0.695. The van der Waals surface area contributed by atoms with Gasteiger partial charge >= 0.3 is 0 Å². The van der Waals surface area contributed by atoms with E-state index in [9.17, 15) is 0 Å². The van der Waals surface area contributed by atoms with Crippen LogP contribution in [0.15, 0.2) is 24.3 Å². The smallest absolute Gasteiger partial charge is 0.115 e. The van der Waals surface area contributed by atoms with Crippen LogP contribution in [0.25, 0.3) is 0 Å². The summed E-state index contributed by atoms with van der Waals surface area (Å²) in [5, 5.41) is 9.10. The van der Waals surface area contributed by atoms with Gasteiger partial charge in [-0.2, -0.15) is 0 Å². The molecule has 1 rings (SSSR count). The Kier molecular flexibility index (Phi) is 2.62. The average molecular weight is 179 g/mol. The summed E-state index contributed by atoms with van der Waals surface area (Å²) in [7, 11) is 0. The van der Waals surface area contributed by atoms with Crippen LogP contribution in [-0.4, -0.2) is 5.11 Å². The van der Waals surface area contributed by atoms with Gasteiger partial charge in [-0.05, 0) is 23.1 Å². The van der Waals surface area contributed by atoms with Crippen molar-refractivity contribution in [3.63, 3.8) is 0 Å². The molecule has 72 valence electrons. The maximum Gasteiger partial charge on any atom is 0.115 e. The van der Waals surface area contributed by atoms with Gasteiger partial charge in [-0.15, -0.1) is 0 Å². The van der Waals surface area contributed by atoms with E-state index in [1.54, 1.807) is 12.1 Å². The minimum Gasteiger partial charge on any atom is -0.508 e. The van der Waals surface area contributed by atoms with E-state index in [-0.39, 0.29) is 17.2 Å². The Labute approximate surface area is 79.4 Å². The molecule has 1 unspecified atom stereocenters. The zero-order valence-electron chi connectivity index (χ0n) is 8.41. The summed E-state index contributed by atoms with van der Waals surface area (Å²) in [6, 6.07) is 7.08. The van der Waals surface area contributed by atoms with Crippen LogP contribution < -0.4 is 5.73 Å². The first-order chi connectivity index (χ1) is 5.91. The molecule has 0 saturated heterocycles. The summed E-state index contributed by atoms with van der Waals surface area (Å²) in [5.74, 6) is 0.282. The lowest BCUT2D eigenvalue weighted by Gasteiger charge is -2.27. The third kappa shape index (κ3) is 2.46. The Balaban J connectivity index is 2.90. The van der Waals surface area contributed by atoms with E-state index < -0.39 is 0 Å². The molecule has 2 nitrogen and oxygen atoms in total. The monoisotopic (exact) mass is 179 g/mol. The van der Waals surface area contributed by atoms with Crippen molar-refractivity contribution in [2.75, 3.05) is 0 Å². The molecule has 0 spiro atoms. The molecule has 3 N–H and O–H groups in total. The van der Waals surface area contributed by atoms with E-state index in [0.29, 0.717) is 0 Å². The van der Waals surface area contributed by atoms with Crippen LogP contribution in [0.4, 0.5) is 0 Å². The van der Waals surface area contributed by atoms with Crippen LogP contribution >= 0.6 is 0 Å². The molecule has 0 fully saturated rings. The lowest BCUT2D eigenvalue weighted by molar-refractivity contribution is 0.326. The standard InChI is InChI=1S/C11H17NO/c1-11(2,3)10(12)8-4-6-9(13)7-5-8/h4-7,10,13H,12H2,1-3H3. The van der Waals surface area contributed by atoms with Crippen molar-refractivity contribution in [2.24, 2.45) is 11.1 Å². The van der Waals surface area contributed by atoms with E-state index >= 15 is 0 Å². The summed E-state index contributed by atoms with van der Waals surface area (Å²) in [5.41, 5.74) is 7.15. The van der Waals surface area contributed by atoms with Gasteiger partial charge in [0.2, 0.25) is 0 Å². The Bertz CT molecular complexity index is 271. The first kappa shape index (κ1) is 10.1. The Morgan fingerprint density at radius 2 is 1.62 bits per heavy atom. The van der Waals surface area contributed by atoms with Gasteiger partial charge < -0.3 is 10.8 Å². The van der Waals surface area contributed by atoms with E-state index in [0.717, 1.165) is 5.56 Å². The van der Waals surface area contributed by atoms with Crippen LogP contribution in [0, 0.1) is 5.41 Å². The zero-order valence-corrected chi connectivity index (χ0v) is 8.41. The number of benzene rings is 1. The average Bonchev–Trinajstić information content (AvgIpc) is 2.03. The van der Waals surface area contributed by atoms with Crippen LogP contribution in [0.3, 0.4) is 0 Å². The molecule has 0 saturated carbocycles. The van der Waals surface area contributed by atoms with E-state index in [4.69, 9.17) is 10.8 Å². The van der Waals surface area contributed by atoms with Crippen LogP contribution in [0.2, 0.25) is 0 Å². The number of nitrogens with two attached hydrogens (primary N) is 1. The van der Waals surface area contributed by atoms with Gasteiger partial charge in [0, 0.05) is 6.04 Å². The third-order valence-electron chi connectivity index (χ3n) is 2.19. The fraction of sp³-hybridized carbons (Fsp3) is 0.455. The Morgan fingerprint density at radius 1 is 1.15 bits per heavy atom. The molecule has 0 aromatic heterocycles. The van der Waals surface area contributed by atoms with Gasteiger partial charge in [0.25, 0.3) is 0 Å². The van der Waals surface area contributed by atoms with Gasteiger partial charge in [-0.1, -0.05) is 32.9 Å². The number of aromatic hydroxyl groups is 1. The molecule has 0 radical (unpaired) electrons. The second-order valence-corrected chi connectivity index (χ2v) is 4.44. The van der Waals surface area contributed by atoms with E-state index in [2.05, 4.69) is 20.8 Å². The normalized spacial score (nSPS) is 14.2. The molecule has 1 atom stereocenters. The van der Waals surface area contributed by atoms with Crippen molar-refractivity contribution in [1.82, 2.24) is 0 Å². The maximum atomic E-state index is 9.10. The van der Waals surface area contributed by atoms with Crippen molar-refractivity contribution < 1.29 is 5.11 Å². The molecule has 0 heterocycles. The molecule has 0 aliphatic rings. The van der Waals surface area contributed by atoms with Crippen LogP contribution in [-0.2, 0) is 0 Å². The highest BCUT2D eigenvalue weighted by atomic mass is 16.3. The summed E-state index contributed by atoms with van der Waals surface area (Å²) < 4.78 is 0. The second-order valence-electron chi connectivity index (χ2n) is 4.44. The van der Waals surface area contributed by atoms with Crippen molar-refractivity contribution in [2.45, 2.75) is 26.8 Å². The Hall–Kier alpha value is -1.02. The van der Waals surface area contributed by atoms with Crippen molar-refractivity contribution in [3.05, 3.63) is 29.8 Å². The van der Waals surface area contributed by atoms with Crippen LogP contribution in [0.5, 0.6) is 5.75 Å². The number of rotatable bonds is 1. The molecular weight excluding hydrogens is 162 g/mol. The highest BCUT2D eigenvalue weighted by molar-refractivity contribution is 5.28. The largest absolute Gasteiger partial charge is 0.508 e. The minimum absolute atomic E-state index is 0.00750. The topological polar surface area (TPSA) is 46.2 Å². The first-order valence-corrected chi connectivity index (χ1v) is 4.46. The highest BCUT2D eigenvalue weighted by Crippen LogP contribution is 2.30. The number of phenolic OH excluding ortho intramolecular Hbond substituents is 1. The Morgan fingerprint density at radius 3 is 2.00 bits per heavy atom. The summed E-state index contributed by atoms with van der Waals surface area (Å²) in [4.78, 5) is 0. The number of phenols is 1. The summed E-state index contributed by atoms with van der Waals surface area (Å²) >= 11 is 0. The maximum absolute atomic E-state index is 9.10. The summed E-state index contributed by atoms with van der Waals surface area (Å²) in [6.07, 6.45) is 0. The first-order valence-electron chi connectivity index (χ1n) is 4.46. The van der Waals surface area contributed by atoms with Gasteiger partial charge in [0.15, 0.2) is 0 Å². The predicted octanol–water partition coefficient (Wildman–Crippen LogP) is 2.44. The van der Waals surface area contributed by atoms with E-state index in [1.165, 1.54) is 0 Å². The molecule has 0 bridgehead atoms.